The van der Waals surface area contributed by atoms with Crippen LogP contribution in [0.1, 0.15) is 43.7 Å². The number of hydrogen-bond acceptors (Lipinski definition) is 5. The molecule has 1 saturated carbocycles. The number of para-hydroxylation sites is 1. The lowest BCUT2D eigenvalue weighted by Gasteiger charge is -2.19. The van der Waals surface area contributed by atoms with Crippen LogP contribution in [-0.4, -0.2) is 39.0 Å². The number of rotatable bonds is 7. The molecule has 0 spiro atoms. The van der Waals surface area contributed by atoms with Gasteiger partial charge in [-0.3, -0.25) is 9.10 Å². The Morgan fingerprint density at radius 1 is 1.09 bits per heavy atom. The molecule has 1 N–H and O–H groups in total. The minimum Gasteiger partial charge on any atom is -0.449 e. The van der Waals surface area contributed by atoms with Gasteiger partial charge in [0.1, 0.15) is 0 Å². The summed E-state index contributed by atoms with van der Waals surface area (Å²) < 4.78 is 32.8. The maximum absolute atomic E-state index is 13.1. The van der Waals surface area contributed by atoms with Crippen LogP contribution in [0.2, 0.25) is 0 Å². The van der Waals surface area contributed by atoms with E-state index in [1.807, 2.05) is 24.3 Å². The van der Waals surface area contributed by atoms with Gasteiger partial charge in [-0.05, 0) is 61.6 Å². The Balaban J connectivity index is 1.35. The number of fused-ring (bicyclic) bond motifs is 1. The number of hydrogen-bond donors (Lipinski definition) is 1. The Kier molecular flexibility index (Phi) is 6.83. The predicted molar refractivity (Wildman–Crippen MR) is 126 cm³/mol. The van der Waals surface area contributed by atoms with Gasteiger partial charge in [0.25, 0.3) is 15.9 Å². The molecule has 1 amide bonds. The van der Waals surface area contributed by atoms with E-state index < -0.39 is 22.1 Å². The lowest BCUT2D eigenvalue weighted by molar-refractivity contribution is -0.150. The Labute approximate surface area is 194 Å². The first kappa shape index (κ1) is 23.0. The number of amides is 1. The Morgan fingerprint density at radius 3 is 2.52 bits per heavy atom. The fourth-order valence-corrected chi connectivity index (χ4v) is 5.76. The summed E-state index contributed by atoms with van der Waals surface area (Å²) in [7, 11) is -3.66. The third-order valence-corrected chi connectivity index (χ3v) is 7.92. The van der Waals surface area contributed by atoms with Crippen molar-refractivity contribution in [2.75, 3.05) is 10.8 Å². The van der Waals surface area contributed by atoms with Crippen LogP contribution in [0.15, 0.2) is 59.5 Å². The molecular formula is C25H28N2O5S. The van der Waals surface area contributed by atoms with Gasteiger partial charge in [-0.15, -0.1) is 0 Å². The molecule has 1 aliphatic heterocycles. The topological polar surface area (TPSA) is 92.8 Å². The fourth-order valence-electron chi connectivity index (χ4n) is 4.26. The Hall–Kier alpha value is -3.13. The molecule has 1 heterocycles. The van der Waals surface area contributed by atoms with Crippen molar-refractivity contribution in [2.24, 2.45) is 0 Å². The van der Waals surface area contributed by atoms with E-state index in [0.29, 0.717) is 18.5 Å². The van der Waals surface area contributed by atoms with Crippen molar-refractivity contribution in [3.05, 3.63) is 65.7 Å². The van der Waals surface area contributed by atoms with Crippen LogP contribution in [0.25, 0.3) is 6.08 Å². The SMILES string of the molecule is C[C@H](OC(=O)/C=C/c1ccc(S(=O)(=O)N2CCc3ccccc32)cc1)C(=O)NC1CCCC1. The zero-order valence-electron chi connectivity index (χ0n) is 18.6. The predicted octanol–water partition coefficient (Wildman–Crippen LogP) is 3.44. The molecule has 0 aromatic heterocycles. The highest BCUT2D eigenvalue weighted by atomic mass is 32.2. The molecule has 33 heavy (non-hydrogen) atoms. The van der Waals surface area contributed by atoms with Crippen molar-refractivity contribution in [1.82, 2.24) is 5.32 Å². The fraction of sp³-hybridized carbons (Fsp3) is 0.360. The Morgan fingerprint density at radius 2 is 1.79 bits per heavy atom. The van der Waals surface area contributed by atoms with Crippen molar-refractivity contribution in [3.8, 4) is 0 Å². The quantitative estimate of drug-likeness (QED) is 0.496. The number of sulfonamides is 1. The standard InChI is InChI=1S/C25H28N2O5S/c1-18(25(29)26-21-7-3-4-8-21)32-24(28)15-12-19-10-13-22(14-11-19)33(30,31)27-17-16-20-6-2-5-9-23(20)27/h2,5-6,9-15,18,21H,3-4,7-8,16-17H2,1H3,(H,26,29)/b15-12+/t18-/m0/s1. The minimum atomic E-state index is -3.66. The number of nitrogens with zero attached hydrogens (tertiary/aromatic N) is 1. The third kappa shape index (κ3) is 5.27. The van der Waals surface area contributed by atoms with Gasteiger partial charge >= 0.3 is 5.97 Å². The number of anilines is 1. The number of carbonyl (C=O) groups excluding carboxylic acids is 2. The van der Waals surface area contributed by atoms with Gasteiger partial charge in [0.2, 0.25) is 0 Å². The molecule has 1 fully saturated rings. The zero-order valence-corrected chi connectivity index (χ0v) is 19.4. The number of ether oxygens (including phenoxy) is 1. The number of esters is 1. The molecule has 4 rings (SSSR count). The van der Waals surface area contributed by atoms with Crippen LogP contribution in [0.5, 0.6) is 0 Å². The highest BCUT2D eigenvalue weighted by molar-refractivity contribution is 7.92. The van der Waals surface area contributed by atoms with Crippen LogP contribution in [0.4, 0.5) is 5.69 Å². The largest absolute Gasteiger partial charge is 0.449 e. The molecule has 1 aliphatic carbocycles. The zero-order chi connectivity index (χ0) is 23.4. The van der Waals surface area contributed by atoms with E-state index in [1.54, 1.807) is 19.1 Å². The lowest BCUT2D eigenvalue weighted by atomic mass is 10.2. The molecule has 2 aromatic rings. The van der Waals surface area contributed by atoms with Crippen LogP contribution < -0.4 is 9.62 Å². The maximum atomic E-state index is 13.1. The smallest absolute Gasteiger partial charge is 0.331 e. The molecule has 1 atom stereocenters. The van der Waals surface area contributed by atoms with Crippen LogP contribution in [0.3, 0.4) is 0 Å². The first-order valence-electron chi connectivity index (χ1n) is 11.2. The van der Waals surface area contributed by atoms with Crippen molar-refractivity contribution in [2.45, 2.75) is 56.1 Å². The van der Waals surface area contributed by atoms with E-state index in [1.165, 1.54) is 28.6 Å². The van der Waals surface area contributed by atoms with Crippen molar-refractivity contribution < 1.29 is 22.7 Å². The molecule has 0 unspecified atom stereocenters. The molecule has 0 bridgehead atoms. The molecule has 174 valence electrons. The number of benzene rings is 2. The van der Waals surface area contributed by atoms with E-state index >= 15 is 0 Å². The van der Waals surface area contributed by atoms with E-state index in [4.69, 9.17) is 4.74 Å². The molecule has 0 radical (unpaired) electrons. The average Bonchev–Trinajstić information content (AvgIpc) is 3.48. The van der Waals surface area contributed by atoms with E-state index in [0.717, 1.165) is 36.9 Å². The normalized spacial score (nSPS) is 17.2. The second-order valence-electron chi connectivity index (χ2n) is 8.43. The molecule has 0 saturated heterocycles. The summed E-state index contributed by atoms with van der Waals surface area (Å²) in [6.45, 7) is 1.97. The summed E-state index contributed by atoms with van der Waals surface area (Å²) >= 11 is 0. The van der Waals surface area contributed by atoms with E-state index in [-0.39, 0.29) is 16.8 Å². The highest BCUT2D eigenvalue weighted by Crippen LogP contribution is 2.32. The second kappa shape index (κ2) is 9.79. The van der Waals surface area contributed by atoms with Crippen molar-refractivity contribution >= 4 is 33.7 Å². The number of nitrogens with one attached hydrogen (secondary N) is 1. The van der Waals surface area contributed by atoms with Gasteiger partial charge in [0.15, 0.2) is 6.10 Å². The minimum absolute atomic E-state index is 0.165. The van der Waals surface area contributed by atoms with Crippen LogP contribution in [-0.2, 0) is 30.8 Å². The Bertz CT molecular complexity index is 1150. The summed E-state index contributed by atoms with van der Waals surface area (Å²) in [6.07, 6.45) is 6.71. The molecule has 8 heteroatoms. The van der Waals surface area contributed by atoms with E-state index in [2.05, 4.69) is 5.32 Å². The summed E-state index contributed by atoms with van der Waals surface area (Å²) in [5.41, 5.74) is 2.39. The molecule has 7 nitrogen and oxygen atoms in total. The summed E-state index contributed by atoms with van der Waals surface area (Å²) in [4.78, 5) is 24.4. The van der Waals surface area contributed by atoms with Gasteiger partial charge in [0, 0.05) is 18.7 Å². The van der Waals surface area contributed by atoms with Crippen molar-refractivity contribution in [1.29, 1.82) is 0 Å². The van der Waals surface area contributed by atoms with Crippen LogP contribution in [0, 0.1) is 0 Å². The van der Waals surface area contributed by atoms with Gasteiger partial charge in [0.05, 0.1) is 10.6 Å². The summed E-state index contributed by atoms with van der Waals surface area (Å²) in [5.74, 6) is -0.920. The lowest BCUT2D eigenvalue weighted by Crippen LogP contribution is -2.40. The van der Waals surface area contributed by atoms with Gasteiger partial charge < -0.3 is 10.1 Å². The van der Waals surface area contributed by atoms with Gasteiger partial charge in [-0.2, -0.15) is 0 Å². The monoisotopic (exact) mass is 468 g/mol. The molecular weight excluding hydrogens is 440 g/mol. The summed E-state index contributed by atoms with van der Waals surface area (Å²) in [6, 6.07) is 14.0. The molecule has 2 aliphatic rings. The maximum Gasteiger partial charge on any atom is 0.331 e. The highest BCUT2D eigenvalue weighted by Gasteiger charge is 2.30. The second-order valence-corrected chi connectivity index (χ2v) is 10.3. The van der Waals surface area contributed by atoms with E-state index in [9.17, 15) is 18.0 Å². The van der Waals surface area contributed by atoms with Gasteiger partial charge in [-0.1, -0.05) is 43.2 Å². The number of carbonyl (C=O) groups is 2. The van der Waals surface area contributed by atoms with Gasteiger partial charge in [-0.25, -0.2) is 13.2 Å². The van der Waals surface area contributed by atoms with Crippen LogP contribution >= 0.6 is 0 Å². The molecule has 2 aromatic carbocycles. The van der Waals surface area contributed by atoms with Crippen molar-refractivity contribution in [3.63, 3.8) is 0 Å². The first-order chi connectivity index (χ1) is 15.8. The summed E-state index contributed by atoms with van der Waals surface area (Å²) in [5, 5.41) is 2.91. The third-order valence-electron chi connectivity index (χ3n) is 6.09. The average molecular weight is 469 g/mol. The first-order valence-corrected chi connectivity index (χ1v) is 12.7.